The average molecular weight is 340 g/mol. The lowest BCUT2D eigenvalue weighted by molar-refractivity contribution is 0.482. The molecule has 1 nitrogen and oxygen atoms in total. The molecule has 0 N–H and O–H groups in total. The topological polar surface area (TPSA) is 9.23 Å². The fourth-order valence-corrected chi connectivity index (χ4v) is 2.92. The summed E-state index contributed by atoms with van der Waals surface area (Å²) in [7, 11) is 0. The molecule has 1 heteroatoms. The van der Waals surface area contributed by atoms with Gasteiger partial charge in [0.15, 0.2) is 0 Å². The van der Waals surface area contributed by atoms with E-state index in [1.165, 1.54) is 23.1 Å². The molecule has 26 heavy (non-hydrogen) atoms. The maximum atomic E-state index is 5.95. The van der Waals surface area contributed by atoms with Gasteiger partial charge in [0, 0.05) is 11.1 Å². The molecule has 0 saturated carbocycles. The van der Waals surface area contributed by atoms with Crippen LogP contribution in [-0.2, 0) is 6.42 Å². The van der Waals surface area contributed by atoms with Crippen molar-refractivity contribution in [2.75, 3.05) is 0 Å². The highest BCUT2D eigenvalue weighted by molar-refractivity contribution is 5.45. The minimum absolute atomic E-state index is 0.824. The van der Waals surface area contributed by atoms with E-state index >= 15 is 0 Å². The van der Waals surface area contributed by atoms with Gasteiger partial charge < -0.3 is 4.74 Å². The van der Waals surface area contributed by atoms with Crippen molar-refractivity contribution in [3.8, 4) is 23.3 Å². The Morgan fingerprint density at radius 1 is 0.692 bits per heavy atom. The third-order valence-electron chi connectivity index (χ3n) is 4.13. The van der Waals surface area contributed by atoms with Gasteiger partial charge in [0.1, 0.15) is 11.5 Å². The fraction of sp³-hybridized carbons (Fsp3) is 0.200. The lowest BCUT2D eigenvalue weighted by Gasteiger charge is -2.07. The number of hydrogen-bond donors (Lipinski definition) is 0. The molecule has 0 aliphatic rings. The molecule has 0 radical (unpaired) electrons. The fourth-order valence-electron chi connectivity index (χ4n) is 2.92. The third-order valence-corrected chi connectivity index (χ3v) is 4.13. The van der Waals surface area contributed by atoms with Gasteiger partial charge in [-0.25, -0.2) is 0 Å². The molecule has 0 aliphatic heterocycles. The Bertz CT molecular complexity index is 902. The number of aryl methyl sites for hydroxylation is 3. The monoisotopic (exact) mass is 340 g/mol. The van der Waals surface area contributed by atoms with E-state index < -0.39 is 0 Å². The second-order valence-corrected chi connectivity index (χ2v) is 6.65. The van der Waals surface area contributed by atoms with Crippen molar-refractivity contribution in [2.24, 2.45) is 0 Å². The minimum atomic E-state index is 0.824. The van der Waals surface area contributed by atoms with Crippen LogP contribution in [0, 0.1) is 25.7 Å². The van der Waals surface area contributed by atoms with E-state index in [0.29, 0.717) is 0 Å². The van der Waals surface area contributed by atoms with Gasteiger partial charge in [0.2, 0.25) is 0 Å². The minimum Gasteiger partial charge on any atom is -0.457 e. The Labute approximate surface area is 156 Å². The predicted molar refractivity (Wildman–Crippen MR) is 109 cm³/mol. The highest BCUT2D eigenvalue weighted by atomic mass is 16.5. The molecule has 0 fully saturated rings. The van der Waals surface area contributed by atoms with Gasteiger partial charge in [-0.05, 0) is 85.5 Å². The van der Waals surface area contributed by atoms with Crippen molar-refractivity contribution in [3.63, 3.8) is 0 Å². The highest BCUT2D eigenvalue weighted by Crippen LogP contribution is 2.24. The summed E-state index contributed by atoms with van der Waals surface area (Å²) in [5.41, 5.74) is 5.79. The van der Waals surface area contributed by atoms with Crippen molar-refractivity contribution in [3.05, 3.63) is 94.5 Å². The first-order chi connectivity index (χ1) is 12.6. The Kier molecular flexibility index (Phi) is 5.77. The number of ether oxygens (including phenoxy) is 1. The first kappa shape index (κ1) is 17.8. The second-order valence-electron chi connectivity index (χ2n) is 6.65. The maximum absolute atomic E-state index is 5.95. The zero-order valence-electron chi connectivity index (χ0n) is 15.7. The molecule has 3 rings (SSSR count). The van der Waals surface area contributed by atoms with Gasteiger partial charge in [-0.1, -0.05) is 43.4 Å². The number of hydrogen-bond acceptors (Lipinski definition) is 1. The van der Waals surface area contributed by atoms with Crippen molar-refractivity contribution in [1.29, 1.82) is 0 Å². The molecule has 3 aromatic carbocycles. The Morgan fingerprint density at radius 2 is 1.23 bits per heavy atom. The van der Waals surface area contributed by atoms with Crippen molar-refractivity contribution >= 4 is 0 Å². The summed E-state index contributed by atoms with van der Waals surface area (Å²) in [4.78, 5) is 0. The maximum Gasteiger partial charge on any atom is 0.127 e. The molecule has 0 aromatic heterocycles. The molecule has 0 amide bonds. The predicted octanol–water partition coefficient (Wildman–Crippen LogP) is 6.45. The second kappa shape index (κ2) is 8.41. The van der Waals surface area contributed by atoms with Crippen LogP contribution in [-0.4, -0.2) is 0 Å². The van der Waals surface area contributed by atoms with Crippen LogP contribution in [0.15, 0.2) is 66.7 Å². The zero-order valence-corrected chi connectivity index (χ0v) is 15.7. The molecule has 130 valence electrons. The van der Waals surface area contributed by atoms with Crippen LogP contribution in [0.3, 0.4) is 0 Å². The van der Waals surface area contributed by atoms with Crippen LogP contribution in [0.25, 0.3) is 0 Å². The van der Waals surface area contributed by atoms with E-state index in [-0.39, 0.29) is 0 Å². The van der Waals surface area contributed by atoms with Crippen molar-refractivity contribution < 1.29 is 4.74 Å². The van der Waals surface area contributed by atoms with Gasteiger partial charge >= 0.3 is 0 Å². The Hall–Kier alpha value is -2.98. The Balaban J connectivity index is 1.68. The van der Waals surface area contributed by atoms with Crippen LogP contribution in [0.5, 0.6) is 11.5 Å². The molecule has 0 heterocycles. The van der Waals surface area contributed by atoms with Gasteiger partial charge in [-0.15, -0.1) is 0 Å². The van der Waals surface area contributed by atoms with E-state index in [9.17, 15) is 0 Å². The number of rotatable bonds is 4. The van der Waals surface area contributed by atoms with Gasteiger partial charge in [-0.2, -0.15) is 0 Å². The molecule has 0 atom stereocenters. The third kappa shape index (κ3) is 5.01. The van der Waals surface area contributed by atoms with E-state index in [0.717, 1.165) is 29.0 Å². The largest absolute Gasteiger partial charge is 0.457 e. The summed E-state index contributed by atoms with van der Waals surface area (Å²) in [6.07, 6.45) is 2.29. The summed E-state index contributed by atoms with van der Waals surface area (Å²) >= 11 is 0. The summed E-state index contributed by atoms with van der Waals surface area (Å²) < 4.78 is 5.95. The molecule has 0 saturated heterocycles. The summed E-state index contributed by atoms with van der Waals surface area (Å²) in [5.74, 6) is 8.13. The van der Waals surface area contributed by atoms with Crippen LogP contribution >= 0.6 is 0 Å². The SMILES string of the molecule is CCCc1ccc(C#Cc2ccc(Oc3cc(C)cc(C)c3)cc2)cc1. The first-order valence-electron chi connectivity index (χ1n) is 9.09. The van der Waals surface area contributed by atoms with Gasteiger partial charge in [0.05, 0.1) is 0 Å². The van der Waals surface area contributed by atoms with E-state index in [4.69, 9.17) is 4.74 Å². The van der Waals surface area contributed by atoms with Gasteiger partial charge in [0.25, 0.3) is 0 Å². The lowest BCUT2D eigenvalue weighted by atomic mass is 10.1. The van der Waals surface area contributed by atoms with Crippen LogP contribution in [0.4, 0.5) is 0 Å². The van der Waals surface area contributed by atoms with Crippen LogP contribution in [0.2, 0.25) is 0 Å². The smallest absolute Gasteiger partial charge is 0.127 e. The normalized spacial score (nSPS) is 10.1. The van der Waals surface area contributed by atoms with Gasteiger partial charge in [-0.3, -0.25) is 0 Å². The van der Waals surface area contributed by atoms with E-state index in [1.807, 2.05) is 36.4 Å². The molecule has 3 aromatic rings. The molecule has 0 aliphatic carbocycles. The molecule has 0 spiro atoms. The van der Waals surface area contributed by atoms with E-state index in [1.54, 1.807) is 0 Å². The molecule has 0 bridgehead atoms. The van der Waals surface area contributed by atoms with Crippen LogP contribution < -0.4 is 4.74 Å². The van der Waals surface area contributed by atoms with Crippen LogP contribution in [0.1, 0.15) is 41.2 Å². The molecule has 0 unspecified atom stereocenters. The van der Waals surface area contributed by atoms with E-state index in [2.05, 4.69) is 62.9 Å². The number of benzene rings is 3. The quantitative estimate of drug-likeness (QED) is 0.496. The summed E-state index contributed by atoms with van der Waals surface area (Å²) in [5, 5.41) is 0. The lowest BCUT2D eigenvalue weighted by Crippen LogP contribution is -1.87. The van der Waals surface area contributed by atoms with Crippen molar-refractivity contribution in [1.82, 2.24) is 0 Å². The molecular weight excluding hydrogens is 316 g/mol. The Morgan fingerprint density at radius 3 is 1.77 bits per heavy atom. The average Bonchev–Trinajstić information content (AvgIpc) is 2.62. The zero-order chi connectivity index (χ0) is 18.4. The summed E-state index contributed by atoms with van der Waals surface area (Å²) in [6.45, 7) is 6.35. The van der Waals surface area contributed by atoms with Crippen molar-refractivity contribution in [2.45, 2.75) is 33.6 Å². The first-order valence-corrected chi connectivity index (χ1v) is 9.09. The highest BCUT2D eigenvalue weighted by Gasteiger charge is 1.99. The summed E-state index contributed by atoms with van der Waals surface area (Å²) in [6, 6.07) is 22.7. The standard InChI is InChI=1S/C25H24O/c1-4-5-21-6-8-22(9-7-21)10-11-23-12-14-24(15-13-23)26-25-17-19(2)16-20(3)18-25/h6-9,12-18H,4-5H2,1-3H3. The molecular formula is C25H24O.